The highest BCUT2D eigenvalue weighted by Gasteiger charge is 2.76. The number of hydrogen-bond donors (Lipinski definition) is 0. The van der Waals surface area contributed by atoms with Crippen LogP contribution in [0.1, 0.15) is 46.0 Å². The molecule has 3 aliphatic heterocycles. The lowest BCUT2D eigenvalue weighted by atomic mass is 9.93. The molecular weight excluding hydrogens is 312 g/mol. The third kappa shape index (κ3) is 2.39. The average molecular weight is 332 g/mol. The van der Waals surface area contributed by atoms with Crippen molar-refractivity contribution in [2.24, 2.45) is 0 Å². The third-order valence-corrected chi connectivity index (χ3v) is 4.54. The van der Waals surface area contributed by atoms with Crippen molar-refractivity contribution in [2.45, 2.75) is 69.3 Å². The molecule has 3 atom stereocenters. The van der Waals surface area contributed by atoms with Crippen molar-refractivity contribution in [2.75, 3.05) is 13.2 Å². The number of rotatable bonds is 2. The number of fused-ring (bicyclic) bond motifs is 3. The van der Waals surface area contributed by atoms with Crippen molar-refractivity contribution in [3.8, 4) is 0 Å². The van der Waals surface area contributed by atoms with E-state index in [1.807, 2.05) is 0 Å². The maximum atomic E-state index is 11.2. The first-order valence-electron chi connectivity index (χ1n) is 7.82. The second-order valence-electron chi connectivity index (χ2n) is 6.45. The molecule has 9 heteroatoms. The summed E-state index contributed by atoms with van der Waals surface area (Å²) in [5.41, 5.74) is 0. The number of carbonyl (C=O) groups is 1. The molecule has 2 spiro atoms. The molecule has 0 aromatic rings. The van der Waals surface area contributed by atoms with E-state index in [2.05, 4.69) is 0 Å². The molecule has 4 rings (SSSR count). The van der Waals surface area contributed by atoms with Crippen LogP contribution in [0.15, 0.2) is 0 Å². The Morgan fingerprint density at radius 3 is 2.57 bits per heavy atom. The lowest BCUT2D eigenvalue weighted by Crippen LogP contribution is -2.66. The first-order valence-corrected chi connectivity index (χ1v) is 7.82. The smallest absolute Gasteiger partial charge is 0.312 e. The molecule has 0 radical (unpaired) electrons. The van der Waals surface area contributed by atoms with Crippen LogP contribution in [0.25, 0.3) is 0 Å². The van der Waals surface area contributed by atoms with Crippen LogP contribution in [0.5, 0.6) is 0 Å². The highest BCUT2D eigenvalue weighted by atomic mass is 17.4. The Morgan fingerprint density at radius 1 is 1.04 bits per heavy atom. The summed E-state index contributed by atoms with van der Waals surface area (Å²) in [4.78, 5) is 32.7. The van der Waals surface area contributed by atoms with Gasteiger partial charge in [-0.3, -0.25) is 9.53 Å². The van der Waals surface area contributed by atoms with Crippen LogP contribution in [0, 0.1) is 0 Å². The van der Waals surface area contributed by atoms with Crippen molar-refractivity contribution in [3.63, 3.8) is 0 Å². The van der Waals surface area contributed by atoms with Gasteiger partial charge >= 0.3 is 11.9 Å². The van der Waals surface area contributed by atoms with E-state index in [1.165, 1.54) is 6.92 Å². The minimum absolute atomic E-state index is 0.0491. The first kappa shape index (κ1) is 15.7. The molecule has 1 aliphatic carbocycles. The van der Waals surface area contributed by atoms with E-state index in [0.717, 1.165) is 19.3 Å². The van der Waals surface area contributed by atoms with Crippen LogP contribution >= 0.6 is 0 Å². The lowest BCUT2D eigenvalue weighted by Gasteiger charge is -2.43. The normalized spacial score (nSPS) is 44.8. The third-order valence-electron chi connectivity index (χ3n) is 4.54. The summed E-state index contributed by atoms with van der Waals surface area (Å²) in [6.07, 6.45) is 4.43. The summed E-state index contributed by atoms with van der Waals surface area (Å²) in [6.45, 7) is 2.50. The summed E-state index contributed by atoms with van der Waals surface area (Å²) in [5, 5.41) is 0. The molecular formula is C14H20O9. The van der Waals surface area contributed by atoms with Gasteiger partial charge in [0.1, 0.15) is 6.61 Å². The SMILES string of the molecule is CC(=O)OC[C@@]12OO[C@@](C)(OCC13OOC1(CCCCC1)O3)O2. The van der Waals surface area contributed by atoms with E-state index >= 15 is 0 Å². The molecule has 1 unspecified atom stereocenters. The minimum Gasteiger partial charge on any atom is -0.460 e. The molecule has 9 nitrogen and oxygen atoms in total. The Labute approximate surface area is 132 Å². The van der Waals surface area contributed by atoms with E-state index in [9.17, 15) is 4.79 Å². The van der Waals surface area contributed by atoms with E-state index < -0.39 is 29.3 Å². The number of carbonyl (C=O) groups excluding carboxylic acids is 1. The Hall–Kier alpha value is -0.810. The summed E-state index contributed by atoms with van der Waals surface area (Å²) in [5.74, 6) is -5.93. The summed E-state index contributed by atoms with van der Waals surface area (Å²) in [6, 6.07) is 0. The number of esters is 1. The zero-order chi connectivity index (χ0) is 16.2. The molecule has 1 saturated carbocycles. The van der Waals surface area contributed by atoms with Gasteiger partial charge in [-0.1, -0.05) is 6.42 Å². The molecule has 3 heterocycles. The quantitative estimate of drug-likeness (QED) is 0.547. The van der Waals surface area contributed by atoms with Crippen LogP contribution in [0.4, 0.5) is 0 Å². The molecule has 0 N–H and O–H groups in total. The zero-order valence-electron chi connectivity index (χ0n) is 13.1. The van der Waals surface area contributed by atoms with Crippen LogP contribution in [-0.4, -0.2) is 42.5 Å². The van der Waals surface area contributed by atoms with E-state index in [0.29, 0.717) is 12.8 Å². The van der Waals surface area contributed by atoms with Gasteiger partial charge in [0, 0.05) is 26.7 Å². The van der Waals surface area contributed by atoms with Crippen molar-refractivity contribution in [3.05, 3.63) is 0 Å². The largest absolute Gasteiger partial charge is 0.460 e. The van der Waals surface area contributed by atoms with E-state index in [-0.39, 0.29) is 13.2 Å². The monoisotopic (exact) mass is 332 g/mol. The standard InChI is InChI=1S/C14H20O9/c1-10(15)16-8-13-14(9-17-11(2,18-13)20-22-13)19-12(21-23-14)6-4-3-5-7-12/h3-9H2,1-2H3/t11-,13+,14?/m0/s1. The highest BCUT2D eigenvalue weighted by Crippen LogP contribution is 2.54. The van der Waals surface area contributed by atoms with Crippen molar-refractivity contribution < 1.29 is 43.3 Å². The van der Waals surface area contributed by atoms with Crippen molar-refractivity contribution in [1.82, 2.24) is 0 Å². The molecule has 130 valence electrons. The molecule has 0 aromatic carbocycles. The predicted octanol–water partition coefficient (Wildman–Crippen LogP) is 1.26. The Bertz CT molecular complexity index is 504. The minimum atomic E-state index is -1.62. The maximum absolute atomic E-state index is 11.2. The van der Waals surface area contributed by atoms with Gasteiger partial charge in [0.2, 0.25) is 5.79 Å². The molecule has 4 aliphatic rings. The Kier molecular flexibility index (Phi) is 3.48. The van der Waals surface area contributed by atoms with Crippen LogP contribution in [0.3, 0.4) is 0 Å². The Morgan fingerprint density at radius 2 is 1.83 bits per heavy atom. The molecule has 23 heavy (non-hydrogen) atoms. The van der Waals surface area contributed by atoms with Gasteiger partial charge in [-0.25, -0.2) is 0 Å². The van der Waals surface area contributed by atoms with Gasteiger partial charge in [-0.05, 0) is 12.8 Å². The van der Waals surface area contributed by atoms with Crippen molar-refractivity contribution >= 4 is 5.97 Å². The zero-order valence-corrected chi connectivity index (χ0v) is 13.1. The average Bonchev–Trinajstić information content (AvgIpc) is 3.03. The fraction of sp³-hybridized carbons (Fsp3) is 0.929. The fourth-order valence-electron chi connectivity index (χ4n) is 3.32. The van der Waals surface area contributed by atoms with Crippen LogP contribution in [0.2, 0.25) is 0 Å². The molecule has 2 bridgehead atoms. The number of hydrogen-bond acceptors (Lipinski definition) is 9. The summed E-state index contributed by atoms with van der Waals surface area (Å²) in [7, 11) is 0. The van der Waals surface area contributed by atoms with Crippen LogP contribution in [-0.2, 0) is 43.3 Å². The molecule has 0 aromatic heterocycles. The molecule has 4 fully saturated rings. The first-order chi connectivity index (χ1) is 10.9. The summed E-state index contributed by atoms with van der Waals surface area (Å²) < 4.78 is 22.4. The van der Waals surface area contributed by atoms with Crippen molar-refractivity contribution in [1.29, 1.82) is 0 Å². The fourth-order valence-corrected chi connectivity index (χ4v) is 3.32. The topological polar surface area (TPSA) is 90.9 Å². The van der Waals surface area contributed by atoms with Gasteiger partial charge in [0.25, 0.3) is 11.6 Å². The van der Waals surface area contributed by atoms with Gasteiger partial charge in [-0.15, -0.1) is 0 Å². The summed E-state index contributed by atoms with van der Waals surface area (Å²) >= 11 is 0. The van der Waals surface area contributed by atoms with Gasteiger partial charge in [0.15, 0.2) is 6.61 Å². The second-order valence-corrected chi connectivity index (χ2v) is 6.45. The molecule has 3 saturated heterocycles. The van der Waals surface area contributed by atoms with Gasteiger partial charge in [-0.2, -0.15) is 19.6 Å². The van der Waals surface area contributed by atoms with Crippen LogP contribution < -0.4 is 0 Å². The van der Waals surface area contributed by atoms with Gasteiger partial charge in [0.05, 0.1) is 0 Å². The number of ether oxygens (including phenoxy) is 4. The highest BCUT2D eigenvalue weighted by molar-refractivity contribution is 5.65. The maximum Gasteiger partial charge on any atom is 0.312 e. The van der Waals surface area contributed by atoms with Gasteiger partial charge < -0.3 is 14.2 Å². The lowest BCUT2D eigenvalue weighted by molar-refractivity contribution is -0.468. The van der Waals surface area contributed by atoms with E-state index in [1.54, 1.807) is 6.92 Å². The van der Waals surface area contributed by atoms with E-state index in [4.69, 9.17) is 38.5 Å². The predicted molar refractivity (Wildman–Crippen MR) is 68.8 cm³/mol. The second kappa shape index (κ2) is 5.09. The molecule has 0 amide bonds. The Balaban J connectivity index is 1.62.